The highest BCUT2D eigenvalue weighted by Gasteiger charge is 2.48. The van der Waals surface area contributed by atoms with E-state index in [1.807, 2.05) is 54.9 Å². The van der Waals surface area contributed by atoms with Gasteiger partial charge in [-0.25, -0.2) is 0 Å². The third-order valence-corrected chi connectivity index (χ3v) is 7.15. The lowest BCUT2D eigenvalue weighted by Crippen LogP contribution is -2.53. The zero-order valence-electron chi connectivity index (χ0n) is 20.1. The molecule has 0 bridgehead atoms. The molecule has 1 aliphatic carbocycles. The molecule has 1 atom stereocenters. The predicted octanol–water partition coefficient (Wildman–Crippen LogP) is 5.62. The molecule has 6 nitrogen and oxygen atoms in total. The summed E-state index contributed by atoms with van der Waals surface area (Å²) in [6.45, 7) is 1.48. The molecule has 1 fully saturated rings. The summed E-state index contributed by atoms with van der Waals surface area (Å²) in [6.07, 6.45) is 7.72. The van der Waals surface area contributed by atoms with Gasteiger partial charge in [-0.15, -0.1) is 4.59 Å². The number of fused-ring (bicyclic) bond motifs is 1. The van der Waals surface area contributed by atoms with Gasteiger partial charge in [-0.1, -0.05) is 54.6 Å². The molecule has 6 rings (SSSR count). The van der Waals surface area contributed by atoms with Crippen LogP contribution in [0, 0.1) is 11.8 Å². The van der Waals surface area contributed by atoms with E-state index >= 15 is 0 Å². The van der Waals surface area contributed by atoms with Crippen LogP contribution in [-0.4, -0.2) is 23.2 Å². The van der Waals surface area contributed by atoms with Crippen molar-refractivity contribution >= 4 is 17.7 Å². The first-order valence-corrected chi connectivity index (χ1v) is 12.5. The van der Waals surface area contributed by atoms with Crippen molar-refractivity contribution in [3.8, 4) is 5.75 Å². The molecule has 1 saturated carbocycles. The van der Waals surface area contributed by atoms with Gasteiger partial charge in [0.05, 0.1) is 18.0 Å². The Labute approximate surface area is 211 Å². The van der Waals surface area contributed by atoms with Crippen molar-refractivity contribution in [1.29, 1.82) is 0 Å². The summed E-state index contributed by atoms with van der Waals surface area (Å²) in [5.41, 5.74) is 5.28. The summed E-state index contributed by atoms with van der Waals surface area (Å²) < 4.78 is 6.12. The quantitative estimate of drug-likeness (QED) is 0.327. The Bertz CT molecular complexity index is 1360. The van der Waals surface area contributed by atoms with Gasteiger partial charge in [-0.2, -0.15) is 10.8 Å². The first kappa shape index (κ1) is 22.5. The van der Waals surface area contributed by atoms with E-state index in [1.165, 1.54) is 5.69 Å². The van der Waals surface area contributed by atoms with Gasteiger partial charge in [0.25, 0.3) is 5.84 Å². The van der Waals surface area contributed by atoms with Crippen molar-refractivity contribution in [1.82, 2.24) is 0 Å². The maximum absolute atomic E-state index is 6.95. The Balaban J connectivity index is 1.18. The van der Waals surface area contributed by atoms with Crippen molar-refractivity contribution in [2.75, 3.05) is 11.9 Å². The topological polar surface area (TPSA) is 72.0 Å². The molecular formula is C30H30N5O+. The summed E-state index contributed by atoms with van der Waals surface area (Å²) in [5, 5.41) is 3.55. The van der Waals surface area contributed by atoms with E-state index in [9.17, 15) is 0 Å². The first-order valence-electron chi connectivity index (χ1n) is 12.5. The second-order valence-electron chi connectivity index (χ2n) is 9.64. The van der Waals surface area contributed by atoms with E-state index in [1.54, 1.807) is 6.20 Å². The molecule has 1 unspecified atom stereocenters. The summed E-state index contributed by atoms with van der Waals surface area (Å²) >= 11 is 0. The van der Waals surface area contributed by atoms with Crippen LogP contribution >= 0.6 is 0 Å². The SMILES string of the molecule is N[N+]12C=CN=CC1=C(C1CC(CNc3ccccc3)C1)N=C2c1cccc(OCc2ccccc2)c1. The van der Waals surface area contributed by atoms with E-state index in [2.05, 4.69) is 52.8 Å². The highest BCUT2D eigenvalue weighted by molar-refractivity contribution is 6.00. The van der Waals surface area contributed by atoms with E-state index in [0.29, 0.717) is 18.4 Å². The van der Waals surface area contributed by atoms with Gasteiger partial charge in [0.15, 0.2) is 0 Å². The average molecular weight is 477 g/mol. The molecule has 0 spiro atoms. The minimum atomic E-state index is 0.0460. The fourth-order valence-electron chi connectivity index (χ4n) is 5.12. The Morgan fingerprint density at radius 3 is 2.53 bits per heavy atom. The van der Waals surface area contributed by atoms with Crippen LogP contribution in [0.2, 0.25) is 0 Å². The van der Waals surface area contributed by atoms with Crippen LogP contribution in [0.1, 0.15) is 24.0 Å². The number of ether oxygens (including phenoxy) is 1. The van der Waals surface area contributed by atoms with Crippen molar-refractivity contribution in [3.63, 3.8) is 0 Å². The molecule has 0 aromatic heterocycles. The number of quaternary nitrogens is 1. The Hall–Kier alpha value is -4.00. The Morgan fingerprint density at radius 2 is 1.72 bits per heavy atom. The molecule has 0 amide bonds. The molecule has 2 aliphatic heterocycles. The lowest BCUT2D eigenvalue weighted by molar-refractivity contribution is -0.750. The number of nitrogens with one attached hydrogen (secondary N) is 1. The Kier molecular flexibility index (Phi) is 5.97. The molecule has 6 heteroatoms. The normalized spacial score (nSPS) is 24.2. The average Bonchev–Trinajstić information content (AvgIpc) is 3.20. The zero-order chi connectivity index (χ0) is 24.4. The van der Waals surface area contributed by atoms with Crippen molar-refractivity contribution in [3.05, 3.63) is 120 Å². The second-order valence-corrected chi connectivity index (χ2v) is 9.64. The number of amidine groups is 1. The van der Waals surface area contributed by atoms with Gasteiger partial charge in [-0.05, 0) is 54.7 Å². The number of nitrogens with zero attached hydrogens (tertiary/aromatic N) is 3. The van der Waals surface area contributed by atoms with Crippen LogP contribution in [-0.2, 0) is 6.61 Å². The molecule has 0 radical (unpaired) electrons. The summed E-state index contributed by atoms with van der Waals surface area (Å²) in [4.78, 5) is 9.52. The van der Waals surface area contributed by atoms with Crippen LogP contribution in [0.15, 0.2) is 119 Å². The molecule has 3 aromatic rings. The van der Waals surface area contributed by atoms with Crippen LogP contribution < -0.4 is 15.9 Å². The van der Waals surface area contributed by atoms with E-state index in [-0.39, 0.29) is 4.59 Å². The van der Waals surface area contributed by atoms with Crippen LogP contribution in [0.4, 0.5) is 5.69 Å². The third kappa shape index (κ3) is 4.37. The fraction of sp³-hybridized carbons (Fsp3) is 0.200. The van der Waals surface area contributed by atoms with Gasteiger partial charge in [0.1, 0.15) is 24.3 Å². The van der Waals surface area contributed by atoms with Gasteiger partial charge < -0.3 is 10.1 Å². The maximum Gasteiger partial charge on any atom is 0.265 e. The van der Waals surface area contributed by atoms with E-state index in [0.717, 1.165) is 53.5 Å². The summed E-state index contributed by atoms with van der Waals surface area (Å²) in [7, 11) is 0. The van der Waals surface area contributed by atoms with Gasteiger partial charge in [0.2, 0.25) is 5.70 Å². The molecular weight excluding hydrogens is 446 g/mol. The summed E-state index contributed by atoms with van der Waals surface area (Å²) in [6, 6.07) is 28.6. The number of anilines is 1. The van der Waals surface area contributed by atoms with Crippen LogP contribution in [0.3, 0.4) is 0 Å². The van der Waals surface area contributed by atoms with Crippen molar-refractivity contribution in [2.45, 2.75) is 19.4 Å². The number of hydrogen-bond donors (Lipinski definition) is 2. The summed E-state index contributed by atoms with van der Waals surface area (Å²) in [5.74, 6) is 9.56. The lowest BCUT2D eigenvalue weighted by Gasteiger charge is -2.35. The molecule has 180 valence electrons. The minimum Gasteiger partial charge on any atom is -0.489 e. The van der Waals surface area contributed by atoms with Crippen LogP contribution in [0.5, 0.6) is 5.75 Å². The highest BCUT2D eigenvalue weighted by Crippen LogP contribution is 2.45. The molecule has 0 saturated heterocycles. The predicted molar refractivity (Wildman–Crippen MR) is 144 cm³/mol. The third-order valence-electron chi connectivity index (χ3n) is 7.15. The number of para-hydroxylation sites is 1. The van der Waals surface area contributed by atoms with Gasteiger partial charge in [-0.3, -0.25) is 4.99 Å². The zero-order valence-corrected chi connectivity index (χ0v) is 20.1. The molecule has 3 aromatic carbocycles. The number of allylic oxidation sites excluding steroid dienone is 2. The highest BCUT2D eigenvalue weighted by atomic mass is 16.5. The maximum atomic E-state index is 6.95. The van der Waals surface area contributed by atoms with Crippen molar-refractivity contribution < 1.29 is 9.33 Å². The smallest absolute Gasteiger partial charge is 0.265 e. The van der Waals surface area contributed by atoms with Gasteiger partial charge in [0, 0.05) is 18.2 Å². The van der Waals surface area contributed by atoms with E-state index < -0.39 is 0 Å². The fourth-order valence-corrected chi connectivity index (χ4v) is 5.12. The monoisotopic (exact) mass is 476 g/mol. The molecule has 3 N–H and O–H groups in total. The molecule has 36 heavy (non-hydrogen) atoms. The van der Waals surface area contributed by atoms with E-state index in [4.69, 9.17) is 15.6 Å². The lowest BCUT2D eigenvalue weighted by atomic mass is 9.72. The largest absolute Gasteiger partial charge is 0.489 e. The number of aliphatic imine (C=N–C) groups is 2. The number of hydrogen-bond acceptors (Lipinski definition) is 5. The standard InChI is InChI=1S/C30H30N5O/c31-35-15-14-32-20-28(35)29(25-16-23(17-25)19-33-26-11-5-2-6-12-26)34-30(35)24-10-7-13-27(18-24)36-21-22-8-3-1-4-9-22/h1-15,18,20,23,25,33H,16-17,19,21,31H2/q+1. The number of rotatable bonds is 8. The minimum absolute atomic E-state index is 0.0460. The first-order chi connectivity index (χ1) is 17.7. The number of nitrogens with two attached hydrogens (primary N) is 1. The van der Waals surface area contributed by atoms with Gasteiger partial charge >= 0.3 is 0 Å². The molecule has 3 aliphatic rings. The second kappa shape index (κ2) is 9.57. The van der Waals surface area contributed by atoms with Crippen molar-refractivity contribution in [2.24, 2.45) is 27.7 Å². The van der Waals surface area contributed by atoms with Crippen LogP contribution in [0.25, 0.3) is 0 Å². The number of benzene rings is 3. The Morgan fingerprint density at radius 1 is 0.944 bits per heavy atom. The molecule has 2 heterocycles.